The number of halogens is 2. The van der Waals surface area contributed by atoms with E-state index >= 15 is 0 Å². The van der Waals surface area contributed by atoms with E-state index < -0.39 is 0 Å². The highest BCUT2D eigenvalue weighted by molar-refractivity contribution is 9.11. The Morgan fingerprint density at radius 1 is 1.56 bits per heavy atom. The number of hydrogen-bond acceptors (Lipinski definition) is 3. The van der Waals surface area contributed by atoms with E-state index in [-0.39, 0.29) is 0 Å². The number of thiazole rings is 1. The summed E-state index contributed by atoms with van der Waals surface area (Å²) >= 11 is 8.06. The predicted molar refractivity (Wildman–Crippen MR) is 45.4 cm³/mol. The summed E-state index contributed by atoms with van der Waals surface area (Å²) in [5, 5.41) is 0. The minimum atomic E-state index is 0.545. The zero-order valence-corrected chi connectivity index (χ0v) is 8.38. The zero-order chi connectivity index (χ0) is 6.85. The number of hydrogen-bond donors (Lipinski definition) is 1. The second kappa shape index (κ2) is 3.09. The molecule has 0 aliphatic carbocycles. The molecule has 0 aromatic carbocycles. The molecule has 0 saturated carbocycles. The van der Waals surface area contributed by atoms with Crippen molar-refractivity contribution in [2.45, 2.75) is 6.54 Å². The maximum atomic E-state index is 5.38. The fourth-order valence-electron chi connectivity index (χ4n) is 0.432. The van der Waals surface area contributed by atoms with Crippen LogP contribution in [0.3, 0.4) is 0 Å². The van der Waals surface area contributed by atoms with E-state index in [4.69, 9.17) is 5.73 Å². The lowest BCUT2D eigenvalue weighted by atomic mass is 10.6. The van der Waals surface area contributed by atoms with Gasteiger partial charge in [-0.1, -0.05) is 0 Å². The minimum absolute atomic E-state index is 0.545. The Hall–Kier alpha value is 0.550. The minimum Gasteiger partial charge on any atom is -0.326 e. The summed E-state index contributed by atoms with van der Waals surface area (Å²) in [7, 11) is 0. The van der Waals surface area contributed by atoms with Crippen molar-refractivity contribution in [1.29, 1.82) is 0 Å². The maximum Gasteiger partial charge on any atom is 0.160 e. The monoisotopic (exact) mass is 270 g/mol. The van der Waals surface area contributed by atoms with Crippen molar-refractivity contribution in [1.82, 2.24) is 4.98 Å². The summed E-state index contributed by atoms with van der Waals surface area (Å²) in [6.45, 7) is 0.545. The Bertz CT molecular complexity index is 210. The molecule has 1 rings (SSSR count). The molecule has 0 radical (unpaired) electrons. The molecule has 0 saturated heterocycles. The summed E-state index contributed by atoms with van der Waals surface area (Å²) in [5.74, 6) is 0. The molecule has 2 nitrogen and oxygen atoms in total. The van der Waals surface area contributed by atoms with Crippen LogP contribution in [0.1, 0.15) is 4.88 Å². The van der Waals surface area contributed by atoms with Crippen LogP contribution in [0, 0.1) is 0 Å². The lowest BCUT2D eigenvalue weighted by Gasteiger charge is -1.84. The Kier molecular flexibility index (Phi) is 2.63. The number of nitrogens with two attached hydrogens (primary N) is 1. The van der Waals surface area contributed by atoms with Crippen molar-refractivity contribution in [3.05, 3.63) is 13.4 Å². The van der Waals surface area contributed by atoms with E-state index in [1.165, 1.54) is 0 Å². The van der Waals surface area contributed by atoms with E-state index in [0.29, 0.717) is 6.54 Å². The molecule has 2 N–H and O–H groups in total. The van der Waals surface area contributed by atoms with Gasteiger partial charge in [0, 0.05) is 6.54 Å². The summed E-state index contributed by atoms with van der Waals surface area (Å²) in [6, 6.07) is 0. The first-order chi connectivity index (χ1) is 4.24. The van der Waals surface area contributed by atoms with Gasteiger partial charge in [0.25, 0.3) is 0 Å². The number of rotatable bonds is 1. The van der Waals surface area contributed by atoms with E-state index in [9.17, 15) is 0 Å². The first kappa shape index (κ1) is 7.65. The quantitative estimate of drug-likeness (QED) is 0.850. The topological polar surface area (TPSA) is 38.9 Å². The van der Waals surface area contributed by atoms with E-state index in [1.54, 1.807) is 11.3 Å². The molecule has 0 fully saturated rings. The fourth-order valence-corrected chi connectivity index (χ4v) is 2.69. The van der Waals surface area contributed by atoms with Gasteiger partial charge in [-0.3, -0.25) is 0 Å². The largest absolute Gasteiger partial charge is 0.326 e. The normalized spacial score (nSPS) is 10.1. The molecule has 0 aliphatic heterocycles. The third-order valence-corrected chi connectivity index (χ3v) is 3.26. The predicted octanol–water partition coefficient (Wildman–Crippen LogP) is 2.13. The Morgan fingerprint density at radius 3 is 2.44 bits per heavy atom. The summed E-state index contributed by atoms with van der Waals surface area (Å²) in [4.78, 5) is 5.12. The average molecular weight is 272 g/mol. The summed E-state index contributed by atoms with van der Waals surface area (Å²) in [5.41, 5.74) is 5.38. The molecule has 1 heterocycles. The summed E-state index contributed by atoms with van der Waals surface area (Å²) < 4.78 is 1.72. The van der Waals surface area contributed by atoms with Gasteiger partial charge in [-0.05, 0) is 31.9 Å². The van der Waals surface area contributed by atoms with Gasteiger partial charge in [0.1, 0.15) is 4.60 Å². The van der Waals surface area contributed by atoms with Gasteiger partial charge in [0.2, 0.25) is 0 Å². The van der Waals surface area contributed by atoms with E-state index in [0.717, 1.165) is 13.4 Å². The van der Waals surface area contributed by atoms with Crippen LogP contribution in [-0.2, 0) is 6.54 Å². The molecule has 5 heteroatoms. The van der Waals surface area contributed by atoms with Crippen molar-refractivity contribution in [3.63, 3.8) is 0 Å². The molecule has 0 amide bonds. The first-order valence-electron chi connectivity index (χ1n) is 2.25. The van der Waals surface area contributed by atoms with Gasteiger partial charge in [0.15, 0.2) is 3.92 Å². The fraction of sp³-hybridized carbons (Fsp3) is 0.250. The molecule has 0 aliphatic rings. The van der Waals surface area contributed by atoms with Crippen LogP contribution >= 0.6 is 43.2 Å². The SMILES string of the molecule is NCc1sc(Br)nc1Br. The molecular formula is C4H4Br2N2S. The van der Waals surface area contributed by atoms with Gasteiger partial charge >= 0.3 is 0 Å². The van der Waals surface area contributed by atoms with E-state index in [2.05, 4.69) is 36.8 Å². The molecule has 0 spiro atoms. The van der Waals surface area contributed by atoms with Crippen LogP contribution in [0.2, 0.25) is 0 Å². The Morgan fingerprint density at radius 2 is 2.22 bits per heavy atom. The Labute approximate surface area is 73.7 Å². The molecule has 1 aromatic heterocycles. The van der Waals surface area contributed by atoms with Crippen molar-refractivity contribution in [3.8, 4) is 0 Å². The van der Waals surface area contributed by atoms with Crippen LogP contribution in [0.15, 0.2) is 8.52 Å². The van der Waals surface area contributed by atoms with E-state index in [1.807, 2.05) is 0 Å². The Balaban J connectivity index is 3.01. The van der Waals surface area contributed by atoms with Gasteiger partial charge in [-0.2, -0.15) is 0 Å². The molecule has 1 aromatic rings. The van der Waals surface area contributed by atoms with Crippen LogP contribution < -0.4 is 5.73 Å². The summed E-state index contributed by atoms with van der Waals surface area (Å²) in [6.07, 6.45) is 0. The van der Waals surface area contributed by atoms with Crippen molar-refractivity contribution in [2.75, 3.05) is 0 Å². The van der Waals surface area contributed by atoms with Crippen LogP contribution in [-0.4, -0.2) is 4.98 Å². The third-order valence-electron chi connectivity index (χ3n) is 0.809. The van der Waals surface area contributed by atoms with Gasteiger partial charge in [-0.15, -0.1) is 11.3 Å². The maximum absolute atomic E-state index is 5.38. The van der Waals surface area contributed by atoms with Gasteiger partial charge in [0.05, 0.1) is 4.88 Å². The van der Waals surface area contributed by atoms with Crippen LogP contribution in [0.4, 0.5) is 0 Å². The lowest BCUT2D eigenvalue weighted by molar-refractivity contribution is 1.08. The molecular weight excluding hydrogens is 268 g/mol. The average Bonchev–Trinajstić information content (AvgIpc) is 2.10. The highest BCUT2D eigenvalue weighted by Gasteiger charge is 2.03. The van der Waals surface area contributed by atoms with Crippen molar-refractivity contribution in [2.24, 2.45) is 5.73 Å². The van der Waals surface area contributed by atoms with Crippen molar-refractivity contribution < 1.29 is 0 Å². The van der Waals surface area contributed by atoms with Gasteiger partial charge in [-0.25, -0.2) is 4.98 Å². The zero-order valence-electron chi connectivity index (χ0n) is 4.40. The second-order valence-corrected chi connectivity index (χ2v) is 4.50. The lowest BCUT2D eigenvalue weighted by Crippen LogP contribution is -1.92. The van der Waals surface area contributed by atoms with Crippen molar-refractivity contribution >= 4 is 43.2 Å². The standard InChI is InChI=1S/C4H4Br2N2S/c5-3-2(1-7)9-4(6)8-3/h1,7H2. The molecule has 9 heavy (non-hydrogen) atoms. The third kappa shape index (κ3) is 1.73. The molecule has 0 bridgehead atoms. The molecule has 0 atom stereocenters. The molecule has 50 valence electrons. The van der Waals surface area contributed by atoms with Crippen LogP contribution in [0.25, 0.3) is 0 Å². The second-order valence-electron chi connectivity index (χ2n) is 1.38. The van der Waals surface area contributed by atoms with Gasteiger partial charge < -0.3 is 5.73 Å². The highest BCUT2D eigenvalue weighted by Crippen LogP contribution is 2.26. The van der Waals surface area contributed by atoms with Crippen LogP contribution in [0.5, 0.6) is 0 Å². The molecule has 0 unspecified atom stereocenters. The highest BCUT2D eigenvalue weighted by atomic mass is 79.9. The number of nitrogens with zero attached hydrogens (tertiary/aromatic N) is 1. The number of aromatic nitrogens is 1. The smallest absolute Gasteiger partial charge is 0.160 e. The first-order valence-corrected chi connectivity index (χ1v) is 4.65.